The highest BCUT2D eigenvalue weighted by Crippen LogP contribution is 2.30. The van der Waals surface area contributed by atoms with Gasteiger partial charge < -0.3 is 11.1 Å². The summed E-state index contributed by atoms with van der Waals surface area (Å²) in [4.78, 5) is 0. The van der Waals surface area contributed by atoms with Crippen LogP contribution in [0.5, 0.6) is 0 Å². The van der Waals surface area contributed by atoms with Gasteiger partial charge >= 0.3 is 0 Å². The van der Waals surface area contributed by atoms with Gasteiger partial charge in [0.1, 0.15) is 0 Å². The molecule has 0 aliphatic heterocycles. The second-order valence-electron chi connectivity index (χ2n) is 7.22. The van der Waals surface area contributed by atoms with Crippen molar-refractivity contribution in [1.82, 2.24) is 5.32 Å². The maximum atomic E-state index is 6.16. The number of hydrogen-bond acceptors (Lipinski definition) is 2. The van der Waals surface area contributed by atoms with Crippen molar-refractivity contribution in [3.8, 4) is 0 Å². The Balaban J connectivity index is 1.73. The summed E-state index contributed by atoms with van der Waals surface area (Å²) < 4.78 is 0. The van der Waals surface area contributed by atoms with E-state index < -0.39 is 0 Å². The van der Waals surface area contributed by atoms with Crippen molar-refractivity contribution in [2.24, 2.45) is 5.73 Å². The number of nitrogens with one attached hydrogen (secondary N) is 1. The molecule has 2 nitrogen and oxygen atoms in total. The zero-order valence-corrected chi connectivity index (χ0v) is 14.8. The summed E-state index contributed by atoms with van der Waals surface area (Å²) in [5.41, 5.74) is 11.7. The average molecular weight is 320 g/mol. The highest BCUT2D eigenvalue weighted by atomic mass is 15.0. The first kappa shape index (κ1) is 16.9. The van der Waals surface area contributed by atoms with Crippen LogP contribution in [0.15, 0.2) is 60.2 Å². The first-order valence-corrected chi connectivity index (χ1v) is 8.90. The van der Waals surface area contributed by atoms with Crippen molar-refractivity contribution in [3.05, 3.63) is 76.9 Å². The average Bonchev–Trinajstić information content (AvgIpc) is 2.62. The summed E-state index contributed by atoms with van der Waals surface area (Å²) in [6, 6.07) is 19.6. The molecule has 24 heavy (non-hydrogen) atoms. The topological polar surface area (TPSA) is 38.0 Å². The van der Waals surface area contributed by atoms with Crippen molar-refractivity contribution < 1.29 is 0 Å². The summed E-state index contributed by atoms with van der Waals surface area (Å²) in [6.45, 7) is 5.09. The second-order valence-corrected chi connectivity index (χ2v) is 7.22. The van der Waals surface area contributed by atoms with Crippen molar-refractivity contribution in [3.63, 3.8) is 0 Å². The molecule has 2 atom stereocenters. The lowest BCUT2D eigenvalue weighted by Crippen LogP contribution is -2.49. The SMILES string of the molecule is CC(NC(C)(CN)CC1=Cc2ccccc2CC1)c1ccccc1. The lowest BCUT2D eigenvalue weighted by atomic mass is 9.84. The van der Waals surface area contributed by atoms with Gasteiger partial charge in [-0.2, -0.15) is 0 Å². The summed E-state index contributed by atoms with van der Waals surface area (Å²) in [7, 11) is 0. The van der Waals surface area contributed by atoms with E-state index in [0.29, 0.717) is 6.54 Å². The molecule has 2 aromatic carbocycles. The summed E-state index contributed by atoms with van der Waals surface area (Å²) in [5, 5.41) is 3.76. The third-order valence-electron chi connectivity index (χ3n) is 5.06. The number of aryl methyl sites for hydroxylation is 1. The lowest BCUT2D eigenvalue weighted by molar-refractivity contribution is 0.322. The highest BCUT2D eigenvalue weighted by molar-refractivity contribution is 5.59. The molecule has 0 spiro atoms. The van der Waals surface area contributed by atoms with Gasteiger partial charge in [-0.15, -0.1) is 0 Å². The van der Waals surface area contributed by atoms with Gasteiger partial charge in [-0.05, 0) is 49.8 Å². The van der Waals surface area contributed by atoms with Crippen LogP contribution in [0.25, 0.3) is 6.08 Å². The molecule has 0 saturated heterocycles. The van der Waals surface area contributed by atoms with E-state index in [4.69, 9.17) is 5.73 Å². The number of hydrogen-bond donors (Lipinski definition) is 2. The lowest BCUT2D eigenvalue weighted by Gasteiger charge is -2.35. The minimum atomic E-state index is -0.0899. The third-order valence-corrected chi connectivity index (χ3v) is 5.06. The van der Waals surface area contributed by atoms with Crippen LogP contribution in [0.4, 0.5) is 0 Å². The molecular weight excluding hydrogens is 292 g/mol. The Bertz CT molecular complexity index is 705. The van der Waals surface area contributed by atoms with E-state index in [0.717, 1.165) is 19.3 Å². The van der Waals surface area contributed by atoms with E-state index >= 15 is 0 Å². The molecule has 0 bridgehead atoms. The fourth-order valence-corrected chi connectivity index (χ4v) is 3.66. The van der Waals surface area contributed by atoms with Gasteiger partial charge in [-0.3, -0.25) is 0 Å². The molecular formula is C22H28N2. The van der Waals surface area contributed by atoms with Gasteiger partial charge in [-0.1, -0.05) is 66.2 Å². The normalized spacial score (nSPS) is 17.5. The Morgan fingerprint density at radius 2 is 1.75 bits per heavy atom. The molecule has 0 heterocycles. The first-order chi connectivity index (χ1) is 11.6. The minimum Gasteiger partial charge on any atom is -0.329 e. The van der Waals surface area contributed by atoms with E-state index in [1.165, 1.54) is 22.3 Å². The highest BCUT2D eigenvalue weighted by Gasteiger charge is 2.27. The molecule has 3 rings (SSSR count). The largest absolute Gasteiger partial charge is 0.329 e. The zero-order valence-electron chi connectivity index (χ0n) is 14.8. The predicted octanol–water partition coefficient (Wildman–Crippen LogP) is 4.47. The number of fused-ring (bicyclic) bond motifs is 1. The van der Waals surface area contributed by atoms with E-state index in [9.17, 15) is 0 Å². The van der Waals surface area contributed by atoms with Gasteiger partial charge in [0, 0.05) is 18.1 Å². The zero-order chi connectivity index (χ0) is 17.0. The van der Waals surface area contributed by atoms with Crippen LogP contribution in [0.1, 0.15) is 49.4 Å². The van der Waals surface area contributed by atoms with Crippen LogP contribution in [0.3, 0.4) is 0 Å². The molecule has 1 aliphatic carbocycles. The molecule has 0 amide bonds. The number of rotatable bonds is 6. The second kappa shape index (κ2) is 7.33. The first-order valence-electron chi connectivity index (χ1n) is 8.90. The van der Waals surface area contributed by atoms with Crippen LogP contribution in [-0.4, -0.2) is 12.1 Å². The monoisotopic (exact) mass is 320 g/mol. The third kappa shape index (κ3) is 3.95. The number of nitrogens with two attached hydrogens (primary N) is 1. The molecule has 2 aromatic rings. The van der Waals surface area contributed by atoms with Crippen LogP contribution in [0.2, 0.25) is 0 Å². The van der Waals surface area contributed by atoms with Crippen molar-refractivity contribution >= 4 is 6.08 Å². The molecule has 2 unspecified atom stereocenters. The van der Waals surface area contributed by atoms with Gasteiger partial charge in [0.05, 0.1) is 0 Å². The van der Waals surface area contributed by atoms with Gasteiger partial charge in [0.2, 0.25) is 0 Å². The Labute approximate surface area is 145 Å². The molecule has 0 aromatic heterocycles. The van der Waals surface area contributed by atoms with Crippen LogP contribution in [-0.2, 0) is 6.42 Å². The summed E-state index contributed by atoms with van der Waals surface area (Å²) in [6.07, 6.45) is 5.63. The molecule has 0 saturated carbocycles. The Hall–Kier alpha value is -1.90. The smallest absolute Gasteiger partial charge is 0.0318 e. The maximum Gasteiger partial charge on any atom is 0.0318 e. The van der Waals surface area contributed by atoms with E-state index in [1.807, 2.05) is 0 Å². The van der Waals surface area contributed by atoms with Crippen molar-refractivity contribution in [2.75, 3.05) is 6.54 Å². The summed E-state index contributed by atoms with van der Waals surface area (Å²) >= 11 is 0. The standard InChI is InChI=1S/C22H28N2/c1-17(19-8-4-3-5-9-19)24-22(2,16-23)15-18-12-13-20-10-6-7-11-21(20)14-18/h3-11,14,17,24H,12-13,15-16,23H2,1-2H3. The quantitative estimate of drug-likeness (QED) is 0.824. The van der Waals surface area contributed by atoms with Crippen LogP contribution < -0.4 is 11.1 Å². The summed E-state index contributed by atoms with van der Waals surface area (Å²) in [5.74, 6) is 0. The molecule has 2 heteroatoms. The molecule has 3 N–H and O–H groups in total. The van der Waals surface area contributed by atoms with E-state index in [-0.39, 0.29) is 11.6 Å². The van der Waals surface area contributed by atoms with E-state index in [2.05, 4.69) is 79.8 Å². The fraction of sp³-hybridized carbons (Fsp3) is 0.364. The van der Waals surface area contributed by atoms with Gasteiger partial charge in [0.15, 0.2) is 0 Å². The molecule has 0 fully saturated rings. The minimum absolute atomic E-state index is 0.0899. The van der Waals surface area contributed by atoms with Gasteiger partial charge in [-0.25, -0.2) is 0 Å². The van der Waals surface area contributed by atoms with Crippen LogP contribution in [0, 0.1) is 0 Å². The Morgan fingerprint density at radius 3 is 2.50 bits per heavy atom. The predicted molar refractivity (Wildman–Crippen MR) is 103 cm³/mol. The van der Waals surface area contributed by atoms with E-state index in [1.54, 1.807) is 0 Å². The Kier molecular flexibility index (Phi) is 5.17. The number of benzene rings is 2. The van der Waals surface area contributed by atoms with Crippen molar-refractivity contribution in [1.29, 1.82) is 0 Å². The Morgan fingerprint density at radius 1 is 1.04 bits per heavy atom. The van der Waals surface area contributed by atoms with Crippen molar-refractivity contribution in [2.45, 2.75) is 44.7 Å². The molecule has 126 valence electrons. The molecule has 1 aliphatic rings. The molecule has 0 radical (unpaired) electrons. The van der Waals surface area contributed by atoms with Crippen LogP contribution >= 0.6 is 0 Å². The van der Waals surface area contributed by atoms with Gasteiger partial charge in [0.25, 0.3) is 0 Å². The maximum absolute atomic E-state index is 6.16. The fourth-order valence-electron chi connectivity index (χ4n) is 3.66.